The van der Waals surface area contributed by atoms with E-state index in [4.69, 9.17) is 10.00 Å². The van der Waals surface area contributed by atoms with Crippen molar-refractivity contribution in [2.24, 2.45) is 0 Å². The van der Waals surface area contributed by atoms with Crippen molar-refractivity contribution in [3.63, 3.8) is 0 Å². The van der Waals surface area contributed by atoms with Gasteiger partial charge in [0.1, 0.15) is 0 Å². The number of benzene rings is 1. The summed E-state index contributed by atoms with van der Waals surface area (Å²) in [7, 11) is -3.66. The third-order valence-electron chi connectivity index (χ3n) is 2.88. The molecule has 1 aromatic heterocycles. The predicted molar refractivity (Wildman–Crippen MR) is 80.6 cm³/mol. The van der Waals surface area contributed by atoms with Crippen LogP contribution in [0.3, 0.4) is 0 Å². The maximum absolute atomic E-state index is 12.2. The van der Waals surface area contributed by atoms with Gasteiger partial charge in [0.15, 0.2) is 0 Å². The average molecular weight is 317 g/mol. The molecular formula is C15H15N3O3S. The Morgan fingerprint density at radius 2 is 2.00 bits per heavy atom. The van der Waals surface area contributed by atoms with Gasteiger partial charge >= 0.3 is 0 Å². The molecule has 0 aliphatic rings. The number of rotatable bonds is 6. The second-order valence-electron chi connectivity index (χ2n) is 4.36. The molecule has 0 spiro atoms. The summed E-state index contributed by atoms with van der Waals surface area (Å²) in [6.45, 7) is 2.36. The van der Waals surface area contributed by atoms with Crippen molar-refractivity contribution in [2.45, 2.75) is 18.4 Å². The van der Waals surface area contributed by atoms with Gasteiger partial charge in [-0.1, -0.05) is 6.07 Å². The van der Waals surface area contributed by atoms with Crippen LogP contribution in [-0.4, -0.2) is 20.0 Å². The van der Waals surface area contributed by atoms with Gasteiger partial charge in [0, 0.05) is 18.3 Å². The lowest BCUT2D eigenvalue weighted by Gasteiger charge is -2.10. The molecule has 7 heteroatoms. The molecule has 1 N–H and O–H groups in total. The smallest absolute Gasteiger partial charge is 0.240 e. The van der Waals surface area contributed by atoms with Crippen molar-refractivity contribution >= 4 is 10.0 Å². The van der Waals surface area contributed by atoms with Crippen LogP contribution in [0.25, 0.3) is 0 Å². The van der Waals surface area contributed by atoms with Crippen molar-refractivity contribution < 1.29 is 13.2 Å². The lowest BCUT2D eigenvalue weighted by Crippen LogP contribution is -2.23. The third kappa shape index (κ3) is 3.81. The molecule has 0 atom stereocenters. The van der Waals surface area contributed by atoms with Gasteiger partial charge in [-0.25, -0.2) is 18.1 Å². The maximum Gasteiger partial charge on any atom is 0.240 e. The first-order valence-electron chi connectivity index (χ1n) is 6.63. The van der Waals surface area contributed by atoms with Crippen molar-refractivity contribution in [1.29, 1.82) is 5.26 Å². The third-order valence-corrected chi connectivity index (χ3v) is 4.29. The zero-order chi connectivity index (χ0) is 16.0. The van der Waals surface area contributed by atoms with Gasteiger partial charge in [0.25, 0.3) is 0 Å². The fraction of sp³-hybridized carbons (Fsp3) is 0.200. The van der Waals surface area contributed by atoms with E-state index in [0.717, 1.165) is 0 Å². The van der Waals surface area contributed by atoms with E-state index in [1.165, 1.54) is 24.3 Å². The Morgan fingerprint density at radius 3 is 2.64 bits per heavy atom. The number of pyridine rings is 1. The SMILES string of the molecule is CCOc1ncccc1CNS(=O)(=O)c1ccc(C#N)cc1. The van der Waals surface area contributed by atoms with Crippen LogP contribution in [0.5, 0.6) is 5.88 Å². The van der Waals surface area contributed by atoms with Gasteiger partial charge in [-0.3, -0.25) is 0 Å². The van der Waals surface area contributed by atoms with Crippen molar-refractivity contribution in [2.75, 3.05) is 6.61 Å². The number of sulfonamides is 1. The summed E-state index contributed by atoms with van der Waals surface area (Å²) in [6.07, 6.45) is 1.59. The summed E-state index contributed by atoms with van der Waals surface area (Å²) in [5.41, 5.74) is 1.06. The standard InChI is InChI=1S/C15H15N3O3S/c1-2-21-15-13(4-3-9-17-15)11-18-22(19,20)14-7-5-12(10-16)6-8-14/h3-9,18H,2,11H2,1H3. The molecule has 0 bridgehead atoms. The molecule has 0 fully saturated rings. The molecule has 1 heterocycles. The first-order chi connectivity index (χ1) is 10.6. The quantitative estimate of drug-likeness (QED) is 0.877. The monoisotopic (exact) mass is 317 g/mol. The molecule has 1 aromatic carbocycles. The minimum Gasteiger partial charge on any atom is -0.478 e. The van der Waals surface area contributed by atoms with Crippen molar-refractivity contribution in [3.05, 3.63) is 53.7 Å². The van der Waals surface area contributed by atoms with E-state index < -0.39 is 10.0 Å². The summed E-state index contributed by atoms with van der Waals surface area (Å²) >= 11 is 0. The molecule has 0 aliphatic carbocycles. The van der Waals surface area contributed by atoms with Crippen LogP contribution in [0.15, 0.2) is 47.5 Å². The molecule has 0 saturated carbocycles. The summed E-state index contributed by atoms with van der Waals surface area (Å²) in [5, 5.41) is 8.73. The molecule has 0 aliphatic heterocycles. The minimum atomic E-state index is -3.66. The molecule has 2 aromatic rings. The fourth-order valence-corrected chi connectivity index (χ4v) is 2.80. The Bertz CT molecular complexity index is 780. The number of hydrogen-bond acceptors (Lipinski definition) is 5. The number of aromatic nitrogens is 1. The highest BCUT2D eigenvalue weighted by Gasteiger charge is 2.15. The largest absolute Gasteiger partial charge is 0.478 e. The van der Waals surface area contributed by atoms with Gasteiger partial charge in [-0.2, -0.15) is 5.26 Å². The van der Waals surface area contributed by atoms with E-state index in [-0.39, 0.29) is 11.4 Å². The predicted octanol–water partition coefficient (Wildman–Crippen LogP) is 1.83. The normalized spacial score (nSPS) is 10.9. The van der Waals surface area contributed by atoms with E-state index in [0.29, 0.717) is 23.6 Å². The van der Waals surface area contributed by atoms with Crippen LogP contribution in [-0.2, 0) is 16.6 Å². The van der Waals surface area contributed by atoms with Crippen LogP contribution in [0.1, 0.15) is 18.1 Å². The number of hydrogen-bond donors (Lipinski definition) is 1. The molecule has 0 amide bonds. The number of nitrogens with one attached hydrogen (secondary N) is 1. The highest BCUT2D eigenvalue weighted by atomic mass is 32.2. The van der Waals surface area contributed by atoms with Crippen molar-refractivity contribution in [1.82, 2.24) is 9.71 Å². The van der Waals surface area contributed by atoms with Crippen LogP contribution in [0, 0.1) is 11.3 Å². The Hall–Kier alpha value is -2.43. The Labute approximate surface area is 129 Å². The highest BCUT2D eigenvalue weighted by molar-refractivity contribution is 7.89. The van der Waals surface area contributed by atoms with Crippen molar-refractivity contribution in [3.8, 4) is 11.9 Å². The molecule has 0 saturated heterocycles. The molecule has 2 rings (SSSR count). The minimum absolute atomic E-state index is 0.0749. The zero-order valence-corrected chi connectivity index (χ0v) is 12.8. The van der Waals surface area contributed by atoms with E-state index >= 15 is 0 Å². The Morgan fingerprint density at radius 1 is 1.27 bits per heavy atom. The lowest BCUT2D eigenvalue weighted by atomic mass is 10.2. The van der Waals surface area contributed by atoms with Crippen LogP contribution in [0.4, 0.5) is 0 Å². The Balaban J connectivity index is 2.14. The van der Waals surface area contributed by atoms with E-state index in [1.807, 2.05) is 13.0 Å². The van der Waals surface area contributed by atoms with Crippen LogP contribution >= 0.6 is 0 Å². The molecule has 114 valence electrons. The summed E-state index contributed by atoms with van der Waals surface area (Å²) in [4.78, 5) is 4.18. The highest BCUT2D eigenvalue weighted by Crippen LogP contribution is 2.16. The maximum atomic E-state index is 12.2. The van der Waals surface area contributed by atoms with E-state index in [1.54, 1.807) is 18.3 Å². The van der Waals surface area contributed by atoms with Gasteiger partial charge in [0.2, 0.25) is 15.9 Å². The molecule has 0 unspecified atom stereocenters. The molecule has 0 radical (unpaired) electrons. The zero-order valence-electron chi connectivity index (χ0n) is 12.0. The van der Waals surface area contributed by atoms with E-state index in [2.05, 4.69) is 9.71 Å². The fourth-order valence-electron chi connectivity index (χ4n) is 1.79. The lowest BCUT2D eigenvalue weighted by molar-refractivity contribution is 0.322. The van der Waals surface area contributed by atoms with Gasteiger partial charge in [0.05, 0.1) is 23.1 Å². The first-order valence-corrected chi connectivity index (χ1v) is 8.11. The summed E-state index contributed by atoms with van der Waals surface area (Å²) in [6, 6.07) is 11.1. The Kier molecular flexibility index (Phi) is 5.09. The van der Waals surface area contributed by atoms with Crippen LogP contribution in [0.2, 0.25) is 0 Å². The number of ether oxygens (including phenoxy) is 1. The average Bonchev–Trinajstić information content (AvgIpc) is 2.54. The number of nitrogens with zero attached hydrogens (tertiary/aromatic N) is 2. The van der Waals surface area contributed by atoms with E-state index in [9.17, 15) is 8.42 Å². The molecule has 22 heavy (non-hydrogen) atoms. The van der Waals surface area contributed by atoms with Gasteiger partial charge in [-0.05, 0) is 37.3 Å². The topological polar surface area (TPSA) is 92.1 Å². The first kappa shape index (κ1) is 15.9. The van der Waals surface area contributed by atoms with Gasteiger partial charge in [-0.15, -0.1) is 0 Å². The second kappa shape index (κ2) is 7.02. The van der Waals surface area contributed by atoms with Crippen LogP contribution < -0.4 is 9.46 Å². The summed E-state index contributed by atoms with van der Waals surface area (Å²) in [5.74, 6) is 0.410. The second-order valence-corrected chi connectivity index (χ2v) is 6.13. The molecular weight excluding hydrogens is 302 g/mol. The van der Waals surface area contributed by atoms with Gasteiger partial charge < -0.3 is 4.74 Å². The molecule has 6 nitrogen and oxygen atoms in total. The summed E-state index contributed by atoms with van der Waals surface area (Å²) < 4.78 is 32.3. The number of nitriles is 1.